The summed E-state index contributed by atoms with van der Waals surface area (Å²) in [6.07, 6.45) is 5.23. The van der Waals surface area contributed by atoms with Crippen molar-refractivity contribution < 1.29 is 0 Å². The molecule has 4 heteroatoms. The molecule has 1 N–H and O–H groups in total. The Kier molecular flexibility index (Phi) is 2.82. The molecule has 1 saturated heterocycles. The van der Waals surface area contributed by atoms with Crippen molar-refractivity contribution in [3.63, 3.8) is 0 Å². The first-order valence-corrected chi connectivity index (χ1v) is 5.38. The van der Waals surface area contributed by atoms with E-state index in [4.69, 9.17) is 0 Å². The minimum Gasteiger partial charge on any atom is -0.314 e. The Bertz CT molecular complexity index is 294. The Labute approximate surface area is 84.7 Å². The Balaban J connectivity index is 2.08. The van der Waals surface area contributed by atoms with Gasteiger partial charge in [0.15, 0.2) is 0 Å². The predicted molar refractivity (Wildman–Crippen MR) is 55.1 cm³/mol. The molecule has 14 heavy (non-hydrogen) atoms. The fourth-order valence-electron chi connectivity index (χ4n) is 2.23. The first-order valence-electron chi connectivity index (χ1n) is 5.38. The van der Waals surface area contributed by atoms with Gasteiger partial charge in [-0.2, -0.15) is 5.10 Å². The molecule has 1 aliphatic rings. The SMILES string of the molecule is CCC1CC(c2ncnn2C)CCN1. The van der Waals surface area contributed by atoms with E-state index in [0.717, 1.165) is 12.4 Å². The van der Waals surface area contributed by atoms with Crippen LogP contribution in [0, 0.1) is 0 Å². The van der Waals surface area contributed by atoms with Gasteiger partial charge in [-0.25, -0.2) is 4.98 Å². The molecule has 1 fully saturated rings. The monoisotopic (exact) mass is 194 g/mol. The molecule has 0 aromatic carbocycles. The minimum atomic E-state index is 0.591. The summed E-state index contributed by atoms with van der Waals surface area (Å²) in [6, 6.07) is 0.658. The molecule has 2 atom stereocenters. The zero-order chi connectivity index (χ0) is 9.97. The van der Waals surface area contributed by atoms with Gasteiger partial charge in [0, 0.05) is 19.0 Å². The van der Waals surface area contributed by atoms with Crippen molar-refractivity contribution in [1.82, 2.24) is 20.1 Å². The van der Waals surface area contributed by atoms with Crippen LogP contribution in [0.15, 0.2) is 6.33 Å². The largest absolute Gasteiger partial charge is 0.314 e. The van der Waals surface area contributed by atoms with Gasteiger partial charge in [-0.1, -0.05) is 6.92 Å². The molecule has 0 spiro atoms. The molecular formula is C10H18N4. The highest BCUT2D eigenvalue weighted by molar-refractivity contribution is 4.99. The number of nitrogens with one attached hydrogen (secondary N) is 1. The van der Waals surface area contributed by atoms with E-state index in [0.29, 0.717) is 12.0 Å². The Hall–Kier alpha value is -0.900. The van der Waals surface area contributed by atoms with Gasteiger partial charge in [0.25, 0.3) is 0 Å². The Morgan fingerprint density at radius 1 is 1.64 bits per heavy atom. The number of hydrogen-bond donors (Lipinski definition) is 1. The molecule has 2 heterocycles. The molecule has 1 aromatic rings. The van der Waals surface area contributed by atoms with Crippen LogP contribution in [0.2, 0.25) is 0 Å². The van der Waals surface area contributed by atoms with E-state index in [1.54, 1.807) is 6.33 Å². The zero-order valence-corrected chi connectivity index (χ0v) is 8.90. The standard InChI is InChI=1S/C10H18N4/c1-3-9-6-8(4-5-11-9)10-12-7-13-14(10)2/h7-9,11H,3-6H2,1-2H3. The van der Waals surface area contributed by atoms with E-state index >= 15 is 0 Å². The van der Waals surface area contributed by atoms with Crippen molar-refractivity contribution in [1.29, 1.82) is 0 Å². The third-order valence-corrected chi connectivity index (χ3v) is 3.10. The Morgan fingerprint density at radius 3 is 3.14 bits per heavy atom. The number of aryl methyl sites for hydroxylation is 1. The van der Waals surface area contributed by atoms with Gasteiger partial charge < -0.3 is 5.32 Å². The summed E-state index contributed by atoms with van der Waals surface area (Å²) in [5.41, 5.74) is 0. The molecule has 0 amide bonds. The maximum atomic E-state index is 4.33. The normalized spacial score (nSPS) is 27.9. The fourth-order valence-corrected chi connectivity index (χ4v) is 2.23. The van der Waals surface area contributed by atoms with Crippen molar-refractivity contribution in [3.8, 4) is 0 Å². The van der Waals surface area contributed by atoms with E-state index in [1.807, 2.05) is 11.7 Å². The molecule has 2 unspecified atom stereocenters. The molecule has 78 valence electrons. The minimum absolute atomic E-state index is 0.591. The van der Waals surface area contributed by atoms with E-state index in [2.05, 4.69) is 22.3 Å². The summed E-state index contributed by atoms with van der Waals surface area (Å²) in [5.74, 6) is 1.73. The summed E-state index contributed by atoms with van der Waals surface area (Å²) >= 11 is 0. The molecule has 1 aliphatic heterocycles. The predicted octanol–water partition coefficient (Wildman–Crippen LogP) is 1.06. The first kappa shape index (κ1) is 9.65. The molecule has 0 aliphatic carbocycles. The lowest BCUT2D eigenvalue weighted by atomic mass is 9.90. The summed E-state index contributed by atoms with van der Waals surface area (Å²) in [5, 5.41) is 7.65. The van der Waals surface area contributed by atoms with E-state index in [-0.39, 0.29) is 0 Å². The quantitative estimate of drug-likeness (QED) is 0.765. The number of rotatable bonds is 2. The molecule has 2 rings (SSSR count). The second-order valence-corrected chi connectivity index (χ2v) is 4.02. The first-order chi connectivity index (χ1) is 6.81. The highest BCUT2D eigenvalue weighted by Gasteiger charge is 2.24. The lowest BCUT2D eigenvalue weighted by Gasteiger charge is -2.28. The highest BCUT2D eigenvalue weighted by atomic mass is 15.3. The van der Waals surface area contributed by atoms with E-state index in [1.165, 1.54) is 19.3 Å². The fraction of sp³-hybridized carbons (Fsp3) is 0.800. The molecule has 4 nitrogen and oxygen atoms in total. The maximum absolute atomic E-state index is 4.33. The molecule has 0 radical (unpaired) electrons. The average Bonchev–Trinajstić information content (AvgIpc) is 2.65. The summed E-state index contributed by atoms with van der Waals surface area (Å²) in [4.78, 5) is 4.33. The second-order valence-electron chi connectivity index (χ2n) is 4.02. The van der Waals surface area contributed by atoms with Gasteiger partial charge in [-0.15, -0.1) is 0 Å². The summed E-state index contributed by atoms with van der Waals surface area (Å²) in [7, 11) is 1.98. The van der Waals surface area contributed by atoms with Crippen LogP contribution in [0.4, 0.5) is 0 Å². The van der Waals surface area contributed by atoms with Crippen molar-refractivity contribution in [2.24, 2.45) is 7.05 Å². The topological polar surface area (TPSA) is 42.7 Å². The average molecular weight is 194 g/mol. The number of piperidine rings is 1. The van der Waals surface area contributed by atoms with Crippen molar-refractivity contribution in [3.05, 3.63) is 12.2 Å². The summed E-state index contributed by atoms with van der Waals surface area (Å²) in [6.45, 7) is 3.34. The van der Waals surface area contributed by atoms with Gasteiger partial charge in [0.2, 0.25) is 0 Å². The lowest BCUT2D eigenvalue weighted by Crippen LogP contribution is -2.37. The maximum Gasteiger partial charge on any atom is 0.138 e. The van der Waals surface area contributed by atoms with Crippen molar-refractivity contribution in [2.75, 3.05) is 6.54 Å². The van der Waals surface area contributed by atoms with Crippen LogP contribution in [0.1, 0.15) is 37.9 Å². The van der Waals surface area contributed by atoms with Crippen LogP contribution in [0.25, 0.3) is 0 Å². The van der Waals surface area contributed by atoms with E-state index in [9.17, 15) is 0 Å². The van der Waals surface area contributed by atoms with Crippen LogP contribution in [0.5, 0.6) is 0 Å². The smallest absolute Gasteiger partial charge is 0.138 e. The second kappa shape index (κ2) is 4.09. The molecule has 1 aromatic heterocycles. The lowest BCUT2D eigenvalue weighted by molar-refractivity contribution is 0.341. The number of aromatic nitrogens is 3. The van der Waals surface area contributed by atoms with Crippen LogP contribution in [0.3, 0.4) is 0 Å². The Morgan fingerprint density at radius 2 is 2.50 bits per heavy atom. The summed E-state index contributed by atoms with van der Waals surface area (Å²) < 4.78 is 1.91. The number of hydrogen-bond acceptors (Lipinski definition) is 3. The molecule has 0 saturated carbocycles. The number of nitrogens with zero attached hydrogens (tertiary/aromatic N) is 3. The van der Waals surface area contributed by atoms with Gasteiger partial charge >= 0.3 is 0 Å². The van der Waals surface area contributed by atoms with Gasteiger partial charge in [-0.3, -0.25) is 4.68 Å². The molecule has 0 bridgehead atoms. The van der Waals surface area contributed by atoms with Crippen molar-refractivity contribution in [2.45, 2.75) is 38.1 Å². The van der Waals surface area contributed by atoms with Crippen LogP contribution >= 0.6 is 0 Å². The molecular weight excluding hydrogens is 176 g/mol. The van der Waals surface area contributed by atoms with Crippen LogP contribution < -0.4 is 5.32 Å². The van der Waals surface area contributed by atoms with Crippen molar-refractivity contribution >= 4 is 0 Å². The zero-order valence-electron chi connectivity index (χ0n) is 8.90. The van der Waals surface area contributed by atoms with Gasteiger partial charge in [-0.05, 0) is 25.8 Å². The highest BCUT2D eigenvalue weighted by Crippen LogP contribution is 2.26. The van der Waals surface area contributed by atoms with Crippen LogP contribution in [-0.4, -0.2) is 27.4 Å². The third-order valence-electron chi connectivity index (χ3n) is 3.10. The van der Waals surface area contributed by atoms with Crippen LogP contribution in [-0.2, 0) is 7.05 Å². The van der Waals surface area contributed by atoms with Gasteiger partial charge in [0.1, 0.15) is 12.2 Å². The third kappa shape index (κ3) is 1.80. The van der Waals surface area contributed by atoms with E-state index < -0.39 is 0 Å². The van der Waals surface area contributed by atoms with Gasteiger partial charge in [0.05, 0.1) is 0 Å².